The van der Waals surface area contributed by atoms with Gasteiger partial charge in [-0.05, 0) is 31.2 Å². The van der Waals surface area contributed by atoms with Gasteiger partial charge < -0.3 is 23.4 Å². The SMILES string of the molecule is CCOC(=O)c1oc(-c2ccc(OC)cc2)c(C(=O)OC)c1C(=O)OC. The minimum atomic E-state index is -0.919. The van der Waals surface area contributed by atoms with Crippen LogP contribution in [0.2, 0.25) is 0 Å². The van der Waals surface area contributed by atoms with Crippen molar-refractivity contribution in [3.05, 3.63) is 41.2 Å². The summed E-state index contributed by atoms with van der Waals surface area (Å²) >= 11 is 0. The number of methoxy groups -OCH3 is 3. The number of hydrogen-bond acceptors (Lipinski definition) is 8. The van der Waals surface area contributed by atoms with E-state index >= 15 is 0 Å². The molecule has 0 saturated carbocycles. The molecule has 1 aromatic heterocycles. The molecule has 1 aromatic carbocycles. The zero-order valence-electron chi connectivity index (χ0n) is 14.8. The zero-order valence-corrected chi connectivity index (χ0v) is 14.8. The average Bonchev–Trinajstić information content (AvgIpc) is 3.07. The van der Waals surface area contributed by atoms with Crippen molar-refractivity contribution in [3.8, 4) is 17.1 Å². The van der Waals surface area contributed by atoms with Gasteiger partial charge in [0.1, 0.15) is 16.9 Å². The maximum absolute atomic E-state index is 12.3. The van der Waals surface area contributed by atoms with E-state index in [0.717, 1.165) is 14.2 Å². The average molecular weight is 362 g/mol. The predicted octanol–water partition coefficient (Wildman–Crippen LogP) is 2.71. The molecule has 0 aliphatic rings. The highest BCUT2D eigenvalue weighted by atomic mass is 16.6. The fraction of sp³-hybridized carbons (Fsp3) is 0.278. The second-order valence-corrected chi connectivity index (χ2v) is 4.94. The van der Waals surface area contributed by atoms with Crippen LogP contribution < -0.4 is 4.74 Å². The Labute approximate surface area is 149 Å². The Balaban J connectivity index is 2.74. The topological polar surface area (TPSA) is 101 Å². The number of carbonyl (C=O) groups excluding carboxylic acids is 3. The van der Waals surface area contributed by atoms with Crippen molar-refractivity contribution in [2.24, 2.45) is 0 Å². The maximum Gasteiger partial charge on any atom is 0.375 e. The van der Waals surface area contributed by atoms with Gasteiger partial charge in [-0.3, -0.25) is 0 Å². The van der Waals surface area contributed by atoms with E-state index in [4.69, 9.17) is 23.4 Å². The van der Waals surface area contributed by atoms with Crippen LogP contribution in [-0.2, 0) is 14.2 Å². The van der Waals surface area contributed by atoms with Crippen LogP contribution in [0.5, 0.6) is 5.75 Å². The van der Waals surface area contributed by atoms with Crippen LogP contribution in [0.25, 0.3) is 11.3 Å². The van der Waals surface area contributed by atoms with Gasteiger partial charge in [0.05, 0.1) is 27.9 Å². The number of furan rings is 1. The molecule has 8 heteroatoms. The first-order chi connectivity index (χ1) is 12.5. The summed E-state index contributed by atoms with van der Waals surface area (Å²) < 4.78 is 25.0. The molecular weight excluding hydrogens is 344 g/mol. The third-order valence-corrected chi connectivity index (χ3v) is 3.50. The summed E-state index contributed by atoms with van der Waals surface area (Å²) in [5, 5.41) is 0. The van der Waals surface area contributed by atoms with Crippen molar-refractivity contribution < 1.29 is 37.7 Å². The van der Waals surface area contributed by atoms with Gasteiger partial charge in [-0.25, -0.2) is 14.4 Å². The van der Waals surface area contributed by atoms with Gasteiger partial charge in [-0.2, -0.15) is 0 Å². The third kappa shape index (κ3) is 3.53. The van der Waals surface area contributed by atoms with Crippen LogP contribution in [0.4, 0.5) is 0 Å². The van der Waals surface area contributed by atoms with E-state index < -0.39 is 23.7 Å². The molecule has 0 fully saturated rings. The molecule has 0 unspecified atom stereocenters. The van der Waals surface area contributed by atoms with E-state index in [1.807, 2.05) is 0 Å². The molecule has 0 amide bonds. The number of carbonyl (C=O) groups is 3. The van der Waals surface area contributed by atoms with E-state index in [1.54, 1.807) is 31.2 Å². The summed E-state index contributed by atoms with van der Waals surface area (Å²) in [4.78, 5) is 36.7. The van der Waals surface area contributed by atoms with Crippen molar-refractivity contribution >= 4 is 17.9 Å². The van der Waals surface area contributed by atoms with Gasteiger partial charge in [-0.15, -0.1) is 0 Å². The van der Waals surface area contributed by atoms with Gasteiger partial charge in [0.15, 0.2) is 5.76 Å². The van der Waals surface area contributed by atoms with Crippen molar-refractivity contribution in [2.75, 3.05) is 27.9 Å². The molecule has 1 heterocycles. The second-order valence-electron chi connectivity index (χ2n) is 4.94. The highest BCUT2D eigenvalue weighted by molar-refractivity contribution is 6.12. The molecule has 0 spiro atoms. The van der Waals surface area contributed by atoms with E-state index in [1.165, 1.54) is 7.11 Å². The Hall–Kier alpha value is -3.29. The number of rotatable bonds is 6. The monoisotopic (exact) mass is 362 g/mol. The third-order valence-electron chi connectivity index (χ3n) is 3.50. The van der Waals surface area contributed by atoms with Crippen LogP contribution >= 0.6 is 0 Å². The van der Waals surface area contributed by atoms with E-state index in [-0.39, 0.29) is 23.5 Å². The molecule has 2 rings (SSSR count). The van der Waals surface area contributed by atoms with Crippen LogP contribution in [0.3, 0.4) is 0 Å². The first kappa shape index (κ1) is 19.0. The van der Waals surface area contributed by atoms with Gasteiger partial charge in [0.2, 0.25) is 5.76 Å². The lowest BCUT2D eigenvalue weighted by atomic mass is 10.0. The van der Waals surface area contributed by atoms with E-state index in [0.29, 0.717) is 11.3 Å². The lowest BCUT2D eigenvalue weighted by Crippen LogP contribution is -2.15. The summed E-state index contributed by atoms with van der Waals surface area (Å²) in [6.07, 6.45) is 0. The van der Waals surface area contributed by atoms with Crippen molar-refractivity contribution in [1.82, 2.24) is 0 Å². The molecule has 0 atom stereocenters. The van der Waals surface area contributed by atoms with Crippen molar-refractivity contribution in [3.63, 3.8) is 0 Å². The highest BCUT2D eigenvalue weighted by Gasteiger charge is 2.35. The minimum Gasteiger partial charge on any atom is -0.497 e. The predicted molar refractivity (Wildman–Crippen MR) is 89.3 cm³/mol. The van der Waals surface area contributed by atoms with E-state index in [2.05, 4.69) is 0 Å². The van der Waals surface area contributed by atoms with Crippen LogP contribution in [-0.4, -0.2) is 45.8 Å². The van der Waals surface area contributed by atoms with Crippen LogP contribution in [0.1, 0.15) is 38.2 Å². The molecule has 8 nitrogen and oxygen atoms in total. The largest absolute Gasteiger partial charge is 0.497 e. The van der Waals surface area contributed by atoms with Crippen LogP contribution in [0.15, 0.2) is 28.7 Å². The van der Waals surface area contributed by atoms with Crippen molar-refractivity contribution in [2.45, 2.75) is 6.92 Å². The first-order valence-corrected chi connectivity index (χ1v) is 7.63. The quantitative estimate of drug-likeness (QED) is 0.571. The van der Waals surface area contributed by atoms with E-state index in [9.17, 15) is 14.4 Å². The number of ether oxygens (including phenoxy) is 4. The molecular formula is C18H18O8. The number of hydrogen-bond donors (Lipinski definition) is 0. The Kier molecular flexibility index (Phi) is 6.00. The fourth-order valence-corrected chi connectivity index (χ4v) is 2.31. The molecule has 26 heavy (non-hydrogen) atoms. The lowest BCUT2D eigenvalue weighted by Gasteiger charge is -2.04. The summed E-state index contributed by atoms with van der Waals surface area (Å²) in [6.45, 7) is 1.66. The minimum absolute atomic E-state index is 0.0112. The Bertz CT molecular complexity index is 816. The zero-order chi connectivity index (χ0) is 19.3. The first-order valence-electron chi connectivity index (χ1n) is 7.63. The van der Waals surface area contributed by atoms with Gasteiger partial charge >= 0.3 is 17.9 Å². The second kappa shape index (κ2) is 8.19. The standard InChI is InChI=1S/C18H18O8/c1-5-25-18(21)15-13(17(20)24-4)12(16(19)23-3)14(26-15)10-6-8-11(22-2)9-7-10/h6-9H,5H2,1-4H3. The molecule has 138 valence electrons. The molecule has 0 aliphatic carbocycles. The molecule has 0 N–H and O–H groups in total. The number of benzene rings is 1. The normalized spacial score (nSPS) is 10.2. The summed E-state index contributed by atoms with van der Waals surface area (Å²) in [7, 11) is 3.78. The Morgan fingerprint density at radius 1 is 0.885 bits per heavy atom. The molecule has 0 bridgehead atoms. The molecule has 0 radical (unpaired) electrons. The van der Waals surface area contributed by atoms with Crippen LogP contribution in [0, 0.1) is 0 Å². The van der Waals surface area contributed by atoms with Crippen molar-refractivity contribution in [1.29, 1.82) is 0 Å². The van der Waals surface area contributed by atoms with Gasteiger partial charge in [-0.1, -0.05) is 0 Å². The van der Waals surface area contributed by atoms with Gasteiger partial charge in [0, 0.05) is 5.56 Å². The maximum atomic E-state index is 12.3. The smallest absolute Gasteiger partial charge is 0.375 e. The summed E-state index contributed by atoms with van der Waals surface area (Å²) in [5.41, 5.74) is -0.122. The molecule has 0 saturated heterocycles. The molecule has 2 aromatic rings. The molecule has 0 aliphatic heterocycles. The number of esters is 3. The fourth-order valence-electron chi connectivity index (χ4n) is 2.31. The Morgan fingerprint density at radius 2 is 1.46 bits per heavy atom. The summed E-state index contributed by atoms with van der Waals surface area (Å²) in [6, 6.07) is 6.50. The highest BCUT2D eigenvalue weighted by Crippen LogP contribution is 2.34. The summed E-state index contributed by atoms with van der Waals surface area (Å²) in [5.74, 6) is -2.52. The lowest BCUT2D eigenvalue weighted by molar-refractivity contribution is 0.0469. The Morgan fingerprint density at radius 3 is 1.96 bits per heavy atom. The van der Waals surface area contributed by atoms with Gasteiger partial charge in [0.25, 0.3) is 0 Å².